The van der Waals surface area contributed by atoms with Crippen LogP contribution in [0.3, 0.4) is 0 Å². The molecule has 2 aliphatic rings. The summed E-state index contributed by atoms with van der Waals surface area (Å²) in [6.07, 6.45) is 10.3. The maximum atomic E-state index is 12.6. The Bertz CT molecular complexity index is 489. The summed E-state index contributed by atoms with van der Waals surface area (Å²) in [6.45, 7) is 7.17. The standard InChI is InChI=1S/C18H29N3O/c1-14-12-19-15(2)21(14)13-16-8-10-20(11-9-16)18(22)17-6-4-3-5-7-17/h12,16-17H,3-11,13H2,1-2H3. The summed E-state index contributed by atoms with van der Waals surface area (Å²) in [5.41, 5.74) is 1.25. The van der Waals surface area contributed by atoms with Gasteiger partial charge < -0.3 is 9.47 Å². The zero-order valence-electron chi connectivity index (χ0n) is 14.1. The summed E-state index contributed by atoms with van der Waals surface area (Å²) in [4.78, 5) is 19.1. The van der Waals surface area contributed by atoms with Crippen molar-refractivity contribution >= 4 is 5.91 Å². The van der Waals surface area contributed by atoms with Crippen LogP contribution in [0.25, 0.3) is 0 Å². The molecule has 3 rings (SSSR count). The molecule has 1 amide bonds. The van der Waals surface area contributed by atoms with Gasteiger partial charge in [-0.2, -0.15) is 0 Å². The Morgan fingerprint density at radius 1 is 1.14 bits per heavy atom. The molecule has 4 nitrogen and oxygen atoms in total. The molecule has 1 aromatic heterocycles. The minimum Gasteiger partial charge on any atom is -0.342 e. The van der Waals surface area contributed by atoms with Crippen molar-refractivity contribution in [2.75, 3.05) is 13.1 Å². The molecule has 0 bridgehead atoms. The summed E-state index contributed by atoms with van der Waals surface area (Å²) in [5.74, 6) is 2.55. The summed E-state index contributed by atoms with van der Waals surface area (Å²) < 4.78 is 2.32. The first-order valence-corrected chi connectivity index (χ1v) is 8.92. The average Bonchev–Trinajstić information content (AvgIpc) is 2.88. The number of rotatable bonds is 3. The number of nitrogens with zero attached hydrogens (tertiary/aromatic N) is 3. The fourth-order valence-electron chi connectivity index (χ4n) is 4.06. The number of hydrogen-bond donors (Lipinski definition) is 0. The molecule has 2 fully saturated rings. The SMILES string of the molecule is Cc1cnc(C)n1CC1CCN(C(=O)C2CCCCC2)CC1. The van der Waals surface area contributed by atoms with Gasteiger partial charge in [-0.05, 0) is 45.4 Å². The van der Waals surface area contributed by atoms with Crippen LogP contribution in [0, 0.1) is 25.7 Å². The Balaban J connectivity index is 1.51. The van der Waals surface area contributed by atoms with Gasteiger partial charge in [-0.25, -0.2) is 4.98 Å². The maximum Gasteiger partial charge on any atom is 0.225 e. The van der Waals surface area contributed by atoms with Crippen molar-refractivity contribution in [1.82, 2.24) is 14.5 Å². The van der Waals surface area contributed by atoms with Gasteiger partial charge in [0.1, 0.15) is 5.82 Å². The van der Waals surface area contributed by atoms with Crippen LogP contribution in [0.4, 0.5) is 0 Å². The number of piperidine rings is 1. The highest BCUT2D eigenvalue weighted by Crippen LogP contribution is 2.28. The largest absolute Gasteiger partial charge is 0.342 e. The summed E-state index contributed by atoms with van der Waals surface area (Å²) >= 11 is 0. The Labute approximate surface area is 133 Å². The first kappa shape index (κ1) is 15.6. The molecule has 0 unspecified atom stereocenters. The van der Waals surface area contributed by atoms with E-state index < -0.39 is 0 Å². The molecule has 0 radical (unpaired) electrons. The molecule has 1 aliphatic carbocycles. The third kappa shape index (κ3) is 3.36. The zero-order valence-corrected chi connectivity index (χ0v) is 14.1. The van der Waals surface area contributed by atoms with E-state index in [1.165, 1.54) is 25.0 Å². The van der Waals surface area contributed by atoms with Crippen molar-refractivity contribution in [2.24, 2.45) is 11.8 Å². The van der Waals surface area contributed by atoms with Gasteiger partial charge in [0, 0.05) is 37.4 Å². The second kappa shape index (κ2) is 6.84. The van der Waals surface area contributed by atoms with E-state index in [0.29, 0.717) is 17.7 Å². The molecule has 1 aliphatic heterocycles. The second-order valence-electron chi connectivity index (χ2n) is 7.16. The topological polar surface area (TPSA) is 38.1 Å². The van der Waals surface area contributed by atoms with Crippen LogP contribution in [0.5, 0.6) is 0 Å². The molecule has 122 valence electrons. The molecule has 2 heterocycles. The molecular formula is C18H29N3O. The molecule has 22 heavy (non-hydrogen) atoms. The first-order valence-electron chi connectivity index (χ1n) is 8.92. The molecule has 0 aromatic carbocycles. The van der Waals surface area contributed by atoms with Gasteiger partial charge in [-0.1, -0.05) is 19.3 Å². The van der Waals surface area contributed by atoms with E-state index >= 15 is 0 Å². The van der Waals surface area contributed by atoms with Gasteiger partial charge in [-0.3, -0.25) is 4.79 Å². The summed E-state index contributed by atoms with van der Waals surface area (Å²) in [5, 5.41) is 0. The number of hydrogen-bond acceptors (Lipinski definition) is 2. The first-order chi connectivity index (χ1) is 10.6. The third-order valence-corrected chi connectivity index (χ3v) is 5.58. The molecule has 4 heteroatoms. The third-order valence-electron chi connectivity index (χ3n) is 5.58. The normalized spacial score (nSPS) is 21.3. The molecule has 0 atom stereocenters. The number of likely N-dealkylation sites (tertiary alicyclic amines) is 1. The van der Waals surface area contributed by atoms with Gasteiger partial charge in [0.2, 0.25) is 5.91 Å². The predicted octanol–water partition coefficient (Wildman–Crippen LogP) is 3.32. The van der Waals surface area contributed by atoms with E-state index in [-0.39, 0.29) is 0 Å². The van der Waals surface area contributed by atoms with Gasteiger partial charge in [0.25, 0.3) is 0 Å². The molecule has 1 saturated heterocycles. The minimum absolute atomic E-state index is 0.323. The number of aryl methyl sites for hydroxylation is 2. The van der Waals surface area contributed by atoms with Gasteiger partial charge in [0.15, 0.2) is 0 Å². The van der Waals surface area contributed by atoms with Crippen LogP contribution in [0.2, 0.25) is 0 Å². The number of carbonyl (C=O) groups is 1. The Morgan fingerprint density at radius 2 is 1.82 bits per heavy atom. The van der Waals surface area contributed by atoms with Crippen molar-refractivity contribution in [3.05, 3.63) is 17.7 Å². The molecule has 0 spiro atoms. The van der Waals surface area contributed by atoms with Crippen molar-refractivity contribution in [3.8, 4) is 0 Å². The fourth-order valence-corrected chi connectivity index (χ4v) is 4.06. The van der Waals surface area contributed by atoms with Gasteiger partial charge >= 0.3 is 0 Å². The van der Waals surface area contributed by atoms with E-state index in [0.717, 1.165) is 51.1 Å². The lowest BCUT2D eigenvalue weighted by Crippen LogP contribution is -2.42. The van der Waals surface area contributed by atoms with Gasteiger partial charge in [-0.15, -0.1) is 0 Å². The van der Waals surface area contributed by atoms with Crippen LogP contribution in [0.1, 0.15) is 56.5 Å². The second-order valence-corrected chi connectivity index (χ2v) is 7.16. The predicted molar refractivity (Wildman–Crippen MR) is 87.6 cm³/mol. The highest BCUT2D eigenvalue weighted by Gasteiger charge is 2.29. The van der Waals surface area contributed by atoms with E-state index in [1.54, 1.807) is 0 Å². The Kier molecular flexibility index (Phi) is 4.84. The maximum absolute atomic E-state index is 12.6. The summed E-state index contributed by atoms with van der Waals surface area (Å²) in [7, 11) is 0. The van der Waals surface area contributed by atoms with Crippen LogP contribution >= 0.6 is 0 Å². The van der Waals surface area contributed by atoms with Crippen LogP contribution in [-0.4, -0.2) is 33.4 Å². The number of carbonyl (C=O) groups excluding carboxylic acids is 1. The van der Waals surface area contributed by atoms with Crippen LogP contribution < -0.4 is 0 Å². The summed E-state index contributed by atoms with van der Waals surface area (Å²) in [6, 6.07) is 0. The van der Waals surface area contributed by atoms with E-state index in [9.17, 15) is 4.79 Å². The van der Waals surface area contributed by atoms with Gasteiger partial charge in [0.05, 0.1) is 0 Å². The minimum atomic E-state index is 0.323. The number of amides is 1. The smallest absolute Gasteiger partial charge is 0.225 e. The lowest BCUT2D eigenvalue weighted by molar-refractivity contribution is -0.138. The van der Waals surface area contributed by atoms with Crippen LogP contribution in [0.15, 0.2) is 6.20 Å². The molecular weight excluding hydrogens is 274 g/mol. The van der Waals surface area contributed by atoms with E-state index in [2.05, 4.69) is 28.3 Å². The highest BCUT2D eigenvalue weighted by atomic mass is 16.2. The van der Waals surface area contributed by atoms with E-state index in [4.69, 9.17) is 0 Å². The number of imidazole rings is 1. The van der Waals surface area contributed by atoms with E-state index in [1.807, 2.05) is 6.20 Å². The monoisotopic (exact) mass is 303 g/mol. The molecule has 1 aromatic rings. The fraction of sp³-hybridized carbons (Fsp3) is 0.778. The van der Waals surface area contributed by atoms with Crippen molar-refractivity contribution in [3.63, 3.8) is 0 Å². The van der Waals surface area contributed by atoms with Crippen molar-refractivity contribution in [2.45, 2.75) is 65.3 Å². The lowest BCUT2D eigenvalue weighted by Gasteiger charge is -2.35. The lowest BCUT2D eigenvalue weighted by atomic mass is 9.87. The molecule has 0 N–H and O–H groups in total. The quantitative estimate of drug-likeness (QED) is 0.859. The van der Waals surface area contributed by atoms with Crippen molar-refractivity contribution in [1.29, 1.82) is 0 Å². The van der Waals surface area contributed by atoms with Crippen molar-refractivity contribution < 1.29 is 4.79 Å². The Hall–Kier alpha value is -1.32. The average molecular weight is 303 g/mol. The molecule has 1 saturated carbocycles. The number of aromatic nitrogens is 2. The Morgan fingerprint density at radius 3 is 2.41 bits per heavy atom. The zero-order chi connectivity index (χ0) is 15.5. The van der Waals surface area contributed by atoms with Crippen LogP contribution in [-0.2, 0) is 11.3 Å². The highest BCUT2D eigenvalue weighted by molar-refractivity contribution is 5.79.